The number of aromatic nitrogens is 3. The Balaban J connectivity index is 2.34. The van der Waals surface area contributed by atoms with Gasteiger partial charge in [-0.15, -0.1) is 0 Å². The van der Waals surface area contributed by atoms with Crippen molar-refractivity contribution >= 4 is 11.6 Å². The van der Waals surface area contributed by atoms with Gasteiger partial charge in [0.25, 0.3) is 0 Å². The summed E-state index contributed by atoms with van der Waals surface area (Å²) in [6, 6.07) is 7.29. The number of hydrogen-bond donors (Lipinski definition) is 1. The molecule has 0 atom stereocenters. The quantitative estimate of drug-likeness (QED) is 0.811. The van der Waals surface area contributed by atoms with E-state index in [4.69, 9.17) is 17.3 Å². The molecule has 0 radical (unpaired) electrons. The van der Waals surface area contributed by atoms with Gasteiger partial charge in [0.15, 0.2) is 0 Å². The number of nitrogens with two attached hydrogens (primary N) is 1. The lowest BCUT2D eigenvalue weighted by molar-refractivity contribution is 0.738. The molecular formula is C9H9ClN4. The van der Waals surface area contributed by atoms with Gasteiger partial charge in [0, 0.05) is 11.6 Å². The van der Waals surface area contributed by atoms with Crippen LogP contribution < -0.4 is 5.73 Å². The van der Waals surface area contributed by atoms with Gasteiger partial charge in [-0.25, -0.2) is 0 Å². The third kappa shape index (κ3) is 1.76. The molecule has 0 unspecified atom stereocenters. The largest absolute Gasteiger partial charge is 0.325 e. The summed E-state index contributed by atoms with van der Waals surface area (Å²) in [5.41, 5.74) is 7.06. The molecule has 1 aromatic carbocycles. The molecular weight excluding hydrogens is 200 g/mol. The fourth-order valence-electron chi connectivity index (χ4n) is 1.09. The van der Waals surface area contributed by atoms with Crippen molar-refractivity contribution in [1.82, 2.24) is 15.0 Å². The molecule has 0 aliphatic rings. The Hall–Kier alpha value is -1.39. The van der Waals surface area contributed by atoms with E-state index >= 15 is 0 Å². The predicted molar refractivity (Wildman–Crippen MR) is 54.3 cm³/mol. The highest BCUT2D eigenvalue weighted by Crippen LogP contribution is 2.11. The molecule has 2 rings (SSSR count). The molecule has 0 saturated carbocycles. The van der Waals surface area contributed by atoms with Gasteiger partial charge in [0.1, 0.15) is 0 Å². The smallest absolute Gasteiger partial charge is 0.0967 e. The van der Waals surface area contributed by atoms with Crippen LogP contribution in [0.3, 0.4) is 0 Å². The Kier molecular flexibility index (Phi) is 2.47. The molecule has 1 aromatic heterocycles. The lowest BCUT2D eigenvalue weighted by Gasteiger charge is -1.98. The van der Waals surface area contributed by atoms with Crippen molar-refractivity contribution in [2.75, 3.05) is 0 Å². The van der Waals surface area contributed by atoms with Crippen LogP contribution in [0.1, 0.15) is 5.69 Å². The summed E-state index contributed by atoms with van der Waals surface area (Å²) in [5, 5.41) is 8.93. The second-order valence-corrected chi connectivity index (χ2v) is 3.24. The van der Waals surface area contributed by atoms with Crippen LogP contribution in [0.25, 0.3) is 5.69 Å². The van der Waals surface area contributed by atoms with E-state index < -0.39 is 0 Å². The predicted octanol–water partition coefficient (Wildman–Crippen LogP) is 1.38. The van der Waals surface area contributed by atoms with E-state index in [2.05, 4.69) is 10.2 Å². The highest BCUT2D eigenvalue weighted by molar-refractivity contribution is 6.30. The van der Waals surface area contributed by atoms with Crippen LogP contribution in [0, 0.1) is 0 Å². The molecule has 72 valence electrons. The fourth-order valence-corrected chi connectivity index (χ4v) is 1.21. The van der Waals surface area contributed by atoms with Gasteiger partial charge in [0.2, 0.25) is 0 Å². The molecule has 4 nitrogen and oxygen atoms in total. The summed E-state index contributed by atoms with van der Waals surface area (Å²) < 4.78 is 0. The van der Waals surface area contributed by atoms with E-state index in [-0.39, 0.29) is 0 Å². The van der Waals surface area contributed by atoms with Crippen LogP contribution >= 0.6 is 11.6 Å². The Labute approximate surface area is 86.3 Å². The third-order valence-electron chi connectivity index (χ3n) is 1.81. The minimum atomic E-state index is 0.396. The molecule has 0 fully saturated rings. The van der Waals surface area contributed by atoms with Crippen molar-refractivity contribution < 1.29 is 0 Å². The number of nitrogens with zero attached hydrogens (tertiary/aromatic N) is 3. The zero-order chi connectivity index (χ0) is 9.97. The highest BCUT2D eigenvalue weighted by Gasteiger charge is 2.00. The standard InChI is InChI=1S/C9H9ClN4/c10-7-1-3-9(4-2-7)14-12-6-8(5-11)13-14/h1-4,6H,5,11H2. The molecule has 0 spiro atoms. The first-order valence-corrected chi connectivity index (χ1v) is 4.54. The van der Waals surface area contributed by atoms with Crippen molar-refractivity contribution in [2.45, 2.75) is 6.54 Å². The summed E-state index contributed by atoms with van der Waals surface area (Å²) in [4.78, 5) is 1.53. The van der Waals surface area contributed by atoms with Crippen LogP contribution in [-0.4, -0.2) is 15.0 Å². The molecule has 0 saturated heterocycles. The maximum Gasteiger partial charge on any atom is 0.0967 e. The molecule has 2 N–H and O–H groups in total. The topological polar surface area (TPSA) is 56.7 Å². The Morgan fingerprint density at radius 3 is 2.57 bits per heavy atom. The van der Waals surface area contributed by atoms with E-state index in [0.717, 1.165) is 11.4 Å². The molecule has 0 aliphatic carbocycles. The SMILES string of the molecule is NCc1cnn(-c2ccc(Cl)cc2)n1. The van der Waals surface area contributed by atoms with Gasteiger partial charge in [-0.05, 0) is 24.3 Å². The third-order valence-corrected chi connectivity index (χ3v) is 2.06. The van der Waals surface area contributed by atoms with E-state index in [9.17, 15) is 0 Å². The van der Waals surface area contributed by atoms with Crippen LogP contribution in [-0.2, 0) is 6.54 Å². The van der Waals surface area contributed by atoms with Gasteiger partial charge in [-0.3, -0.25) is 0 Å². The second-order valence-electron chi connectivity index (χ2n) is 2.81. The maximum atomic E-state index is 5.76. The van der Waals surface area contributed by atoms with E-state index in [1.807, 2.05) is 12.1 Å². The number of halogens is 1. The average Bonchev–Trinajstić information content (AvgIpc) is 2.67. The molecule has 14 heavy (non-hydrogen) atoms. The van der Waals surface area contributed by atoms with Crippen molar-refractivity contribution in [3.8, 4) is 5.69 Å². The van der Waals surface area contributed by atoms with E-state index in [0.29, 0.717) is 11.6 Å². The fraction of sp³-hybridized carbons (Fsp3) is 0.111. The van der Waals surface area contributed by atoms with E-state index in [1.54, 1.807) is 18.3 Å². The number of benzene rings is 1. The Morgan fingerprint density at radius 1 is 1.29 bits per heavy atom. The van der Waals surface area contributed by atoms with E-state index in [1.165, 1.54) is 4.80 Å². The highest BCUT2D eigenvalue weighted by atomic mass is 35.5. The van der Waals surface area contributed by atoms with Gasteiger partial charge >= 0.3 is 0 Å². The first-order chi connectivity index (χ1) is 6.79. The second kappa shape index (κ2) is 3.77. The first-order valence-electron chi connectivity index (χ1n) is 4.17. The van der Waals surface area contributed by atoms with Crippen molar-refractivity contribution in [1.29, 1.82) is 0 Å². The monoisotopic (exact) mass is 208 g/mol. The number of rotatable bonds is 2. The molecule has 0 amide bonds. The molecule has 5 heteroatoms. The number of hydrogen-bond acceptors (Lipinski definition) is 3. The van der Waals surface area contributed by atoms with Crippen LogP contribution in [0.4, 0.5) is 0 Å². The Bertz CT molecular complexity index is 421. The van der Waals surface area contributed by atoms with Crippen molar-refractivity contribution in [3.63, 3.8) is 0 Å². The van der Waals surface area contributed by atoms with Crippen LogP contribution in [0.2, 0.25) is 5.02 Å². The summed E-state index contributed by atoms with van der Waals surface area (Å²) in [5.74, 6) is 0. The molecule has 1 heterocycles. The van der Waals surface area contributed by atoms with Crippen molar-refractivity contribution in [3.05, 3.63) is 41.2 Å². The average molecular weight is 209 g/mol. The van der Waals surface area contributed by atoms with Gasteiger partial charge in [0.05, 0.1) is 17.6 Å². The summed E-state index contributed by atoms with van der Waals surface area (Å²) in [6.45, 7) is 0.396. The zero-order valence-electron chi connectivity index (χ0n) is 7.39. The first kappa shape index (κ1) is 9.18. The minimum Gasteiger partial charge on any atom is -0.325 e. The zero-order valence-corrected chi connectivity index (χ0v) is 8.15. The maximum absolute atomic E-state index is 5.76. The lowest BCUT2D eigenvalue weighted by Crippen LogP contribution is -2.01. The molecule has 0 bridgehead atoms. The van der Waals surface area contributed by atoms with Gasteiger partial charge in [-0.2, -0.15) is 15.0 Å². The summed E-state index contributed by atoms with van der Waals surface area (Å²) in [7, 11) is 0. The van der Waals surface area contributed by atoms with Gasteiger partial charge in [-0.1, -0.05) is 11.6 Å². The Morgan fingerprint density at radius 2 is 2.00 bits per heavy atom. The van der Waals surface area contributed by atoms with Crippen LogP contribution in [0.5, 0.6) is 0 Å². The summed E-state index contributed by atoms with van der Waals surface area (Å²) in [6.07, 6.45) is 1.65. The minimum absolute atomic E-state index is 0.396. The normalized spacial score (nSPS) is 10.4. The lowest BCUT2D eigenvalue weighted by atomic mass is 10.3. The van der Waals surface area contributed by atoms with Crippen LogP contribution in [0.15, 0.2) is 30.5 Å². The molecule has 2 aromatic rings. The molecule has 0 aliphatic heterocycles. The van der Waals surface area contributed by atoms with Gasteiger partial charge < -0.3 is 5.73 Å². The summed E-state index contributed by atoms with van der Waals surface area (Å²) >= 11 is 5.76. The van der Waals surface area contributed by atoms with Crippen molar-refractivity contribution in [2.24, 2.45) is 5.73 Å².